The minimum atomic E-state index is 0.457. The summed E-state index contributed by atoms with van der Waals surface area (Å²) in [6.07, 6.45) is 2.96. The molecule has 0 aliphatic heterocycles. The lowest BCUT2D eigenvalue weighted by Crippen LogP contribution is -2.10. The molecular formula is C16H31N3O4. The maximum Gasteiger partial charge on any atom is 0.108 e. The third kappa shape index (κ3) is 11.2. The van der Waals surface area contributed by atoms with Gasteiger partial charge in [-0.25, -0.2) is 4.68 Å². The van der Waals surface area contributed by atoms with Gasteiger partial charge in [0.1, 0.15) is 5.69 Å². The molecule has 1 heterocycles. The summed E-state index contributed by atoms with van der Waals surface area (Å²) in [4.78, 5) is 0. The summed E-state index contributed by atoms with van der Waals surface area (Å²) in [6, 6.07) is 0. The summed E-state index contributed by atoms with van der Waals surface area (Å²) in [6.45, 7) is 12.0. The second kappa shape index (κ2) is 13.4. The minimum Gasteiger partial charge on any atom is -0.379 e. The average Bonchev–Trinajstić information content (AvgIpc) is 2.97. The van der Waals surface area contributed by atoms with Gasteiger partial charge in [0.25, 0.3) is 0 Å². The van der Waals surface area contributed by atoms with E-state index in [0.29, 0.717) is 52.1 Å². The van der Waals surface area contributed by atoms with Crippen molar-refractivity contribution in [3.63, 3.8) is 0 Å². The molecule has 7 nitrogen and oxygen atoms in total. The standard InChI is InChI=1S/C16H31N3O4/c1-4-20-9-10-22-8-6-19-13-16(17-18-19)14-23-12-11-21-7-5-15(2)3/h13,15H,4-12,14H2,1-3H3. The average molecular weight is 329 g/mol. The van der Waals surface area contributed by atoms with Crippen molar-refractivity contribution >= 4 is 0 Å². The highest BCUT2D eigenvalue weighted by Crippen LogP contribution is 1.99. The Balaban J connectivity index is 1.98. The fourth-order valence-electron chi connectivity index (χ4n) is 1.75. The fraction of sp³-hybridized carbons (Fsp3) is 0.875. The molecule has 0 fully saturated rings. The van der Waals surface area contributed by atoms with E-state index in [9.17, 15) is 0 Å². The predicted molar refractivity (Wildman–Crippen MR) is 87.3 cm³/mol. The smallest absolute Gasteiger partial charge is 0.108 e. The van der Waals surface area contributed by atoms with Gasteiger partial charge in [-0.05, 0) is 19.3 Å². The van der Waals surface area contributed by atoms with Gasteiger partial charge < -0.3 is 18.9 Å². The Morgan fingerprint density at radius 3 is 2.39 bits per heavy atom. The molecule has 0 unspecified atom stereocenters. The van der Waals surface area contributed by atoms with Crippen molar-refractivity contribution in [1.29, 1.82) is 0 Å². The van der Waals surface area contributed by atoms with Crippen LogP contribution in [0.1, 0.15) is 32.9 Å². The van der Waals surface area contributed by atoms with Crippen LogP contribution >= 0.6 is 0 Å². The molecule has 0 spiro atoms. The molecule has 7 heteroatoms. The van der Waals surface area contributed by atoms with Gasteiger partial charge in [-0.15, -0.1) is 5.10 Å². The number of rotatable bonds is 15. The summed E-state index contributed by atoms with van der Waals surface area (Å²) in [7, 11) is 0. The Bertz CT molecular complexity index is 385. The zero-order valence-electron chi connectivity index (χ0n) is 14.7. The second-order valence-corrected chi connectivity index (χ2v) is 5.63. The maximum atomic E-state index is 5.52. The topological polar surface area (TPSA) is 67.6 Å². The van der Waals surface area contributed by atoms with Crippen molar-refractivity contribution in [2.45, 2.75) is 40.3 Å². The lowest BCUT2D eigenvalue weighted by Gasteiger charge is -2.06. The second-order valence-electron chi connectivity index (χ2n) is 5.63. The third-order valence-electron chi connectivity index (χ3n) is 3.09. The van der Waals surface area contributed by atoms with Crippen LogP contribution in [0, 0.1) is 5.92 Å². The molecule has 1 aromatic rings. The van der Waals surface area contributed by atoms with Crippen molar-refractivity contribution < 1.29 is 18.9 Å². The van der Waals surface area contributed by atoms with Crippen LogP contribution in [0.15, 0.2) is 6.20 Å². The van der Waals surface area contributed by atoms with Crippen molar-refractivity contribution in [1.82, 2.24) is 15.0 Å². The highest BCUT2D eigenvalue weighted by Gasteiger charge is 2.01. The van der Waals surface area contributed by atoms with Gasteiger partial charge in [-0.1, -0.05) is 19.1 Å². The first-order valence-electron chi connectivity index (χ1n) is 8.42. The largest absolute Gasteiger partial charge is 0.379 e. The zero-order valence-corrected chi connectivity index (χ0v) is 14.7. The molecule has 0 N–H and O–H groups in total. The number of ether oxygens (including phenoxy) is 4. The Kier molecular flexibility index (Phi) is 11.7. The molecule has 1 aromatic heterocycles. The van der Waals surface area contributed by atoms with Crippen LogP contribution in [-0.2, 0) is 32.1 Å². The zero-order chi connectivity index (χ0) is 16.8. The van der Waals surface area contributed by atoms with E-state index in [1.165, 1.54) is 0 Å². The number of hydrogen-bond acceptors (Lipinski definition) is 6. The van der Waals surface area contributed by atoms with Crippen LogP contribution < -0.4 is 0 Å². The summed E-state index contributed by atoms with van der Waals surface area (Å²) in [5.74, 6) is 0.675. The van der Waals surface area contributed by atoms with E-state index in [1.807, 2.05) is 13.1 Å². The van der Waals surface area contributed by atoms with Gasteiger partial charge in [0.2, 0.25) is 0 Å². The lowest BCUT2D eigenvalue weighted by atomic mass is 10.1. The Morgan fingerprint density at radius 1 is 0.957 bits per heavy atom. The van der Waals surface area contributed by atoms with E-state index in [1.54, 1.807) is 4.68 Å². The molecule has 0 bridgehead atoms. The van der Waals surface area contributed by atoms with Gasteiger partial charge >= 0.3 is 0 Å². The first kappa shape index (κ1) is 20.0. The fourth-order valence-corrected chi connectivity index (χ4v) is 1.75. The molecule has 0 aliphatic carbocycles. The summed E-state index contributed by atoms with van der Waals surface area (Å²) in [5.41, 5.74) is 0.821. The summed E-state index contributed by atoms with van der Waals surface area (Å²) in [5, 5.41) is 8.11. The summed E-state index contributed by atoms with van der Waals surface area (Å²) < 4.78 is 23.4. The van der Waals surface area contributed by atoms with E-state index in [4.69, 9.17) is 18.9 Å². The van der Waals surface area contributed by atoms with Crippen LogP contribution in [0.2, 0.25) is 0 Å². The summed E-state index contributed by atoms with van der Waals surface area (Å²) >= 11 is 0. The molecule has 0 saturated carbocycles. The van der Waals surface area contributed by atoms with Crippen LogP contribution in [0.3, 0.4) is 0 Å². The lowest BCUT2D eigenvalue weighted by molar-refractivity contribution is 0.0361. The van der Waals surface area contributed by atoms with Gasteiger partial charge in [0.15, 0.2) is 0 Å². The van der Waals surface area contributed by atoms with Crippen LogP contribution in [0.4, 0.5) is 0 Å². The molecule has 0 amide bonds. The molecule has 0 saturated heterocycles. The Labute approximate surface area is 139 Å². The van der Waals surface area contributed by atoms with Crippen molar-refractivity contribution in [3.05, 3.63) is 11.9 Å². The van der Waals surface area contributed by atoms with Crippen LogP contribution in [0.25, 0.3) is 0 Å². The van der Waals surface area contributed by atoms with E-state index in [-0.39, 0.29) is 0 Å². The number of nitrogens with zero attached hydrogens (tertiary/aromatic N) is 3. The van der Waals surface area contributed by atoms with E-state index in [0.717, 1.165) is 25.3 Å². The third-order valence-corrected chi connectivity index (χ3v) is 3.09. The molecule has 0 aliphatic rings. The van der Waals surface area contributed by atoms with Gasteiger partial charge in [0, 0.05) is 13.2 Å². The van der Waals surface area contributed by atoms with Crippen molar-refractivity contribution in [2.24, 2.45) is 5.92 Å². The molecule has 134 valence electrons. The predicted octanol–water partition coefficient (Wildman–Crippen LogP) is 1.91. The molecule has 0 radical (unpaired) electrons. The van der Waals surface area contributed by atoms with Gasteiger partial charge in [0.05, 0.1) is 52.4 Å². The molecule has 0 atom stereocenters. The maximum absolute atomic E-state index is 5.52. The SMILES string of the molecule is CCOCCOCCn1cc(COCCOCCC(C)C)nn1. The first-order valence-corrected chi connectivity index (χ1v) is 8.42. The van der Waals surface area contributed by atoms with Crippen molar-refractivity contribution in [3.8, 4) is 0 Å². The Morgan fingerprint density at radius 2 is 1.65 bits per heavy atom. The first-order chi connectivity index (χ1) is 11.2. The van der Waals surface area contributed by atoms with Gasteiger partial charge in [-0.3, -0.25) is 0 Å². The Hall–Kier alpha value is -1.02. The molecular weight excluding hydrogens is 298 g/mol. The number of aromatic nitrogens is 3. The monoisotopic (exact) mass is 329 g/mol. The van der Waals surface area contributed by atoms with Crippen LogP contribution in [0.5, 0.6) is 0 Å². The van der Waals surface area contributed by atoms with Crippen LogP contribution in [-0.4, -0.2) is 61.2 Å². The molecule has 0 aromatic carbocycles. The normalized spacial score (nSPS) is 11.5. The quantitative estimate of drug-likeness (QED) is 0.458. The molecule has 1 rings (SSSR count). The number of hydrogen-bond donors (Lipinski definition) is 0. The van der Waals surface area contributed by atoms with E-state index < -0.39 is 0 Å². The highest BCUT2D eigenvalue weighted by molar-refractivity contribution is 4.89. The minimum absolute atomic E-state index is 0.457. The molecule has 23 heavy (non-hydrogen) atoms. The van der Waals surface area contributed by atoms with E-state index >= 15 is 0 Å². The van der Waals surface area contributed by atoms with Gasteiger partial charge in [-0.2, -0.15) is 0 Å². The van der Waals surface area contributed by atoms with Crippen molar-refractivity contribution in [2.75, 3.05) is 46.2 Å². The highest BCUT2D eigenvalue weighted by atomic mass is 16.5. The van der Waals surface area contributed by atoms with E-state index in [2.05, 4.69) is 24.2 Å².